The van der Waals surface area contributed by atoms with Crippen LogP contribution in [0.2, 0.25) is 0 Å². The van der Waals surface area contributed by atoms with Gasteiger partial charge in [-0.1, -0.05) is 35.4 Å². The van der Waals surface area contributed by atoms with Crippen LogP contribution in [-0.4, -0.2) is 5.10 Å². The van der Waals surface area contributed by atoms with Crippen molar-refractivity contribution < 1.29 is 9.10 Å². The minimum absolute atomic E-state index is 0.654. The predicted octanol–water partition coefficient (Wildman–Crippen LogP) is 3.54. The van der Waals surface area contributed by atoms with Gasteiger partial charge in [0.1, 0.15) is 0 Å². The molecule has 0 spiro atoms. The summed E-state index contributed by atoms with van der Waals surface area (Å²) in [7, 11) is 0. The Labute approximate surface area is 118 Å². The molecule has 20 heavy (non-hydrogen) atoms. The highest BCUT2D eigenvalue weighted by atomic mass is 16.4. The number of hydrogen-bond acceptors (Lipinski definition) is 2. The SMILES string of the molecule is Cc1ccc(-c2oc(C)n[n+]2-c2ccc(C)cc2)cc1. The van der Waals surface area contributed by atoms with Crippen LogP contribution in [0.1, 0.15) is 17.0 Å². The number of rotatable bonds is 2. The molecule has 0 saturated carbocycles. The van der Waals surface area contributed by atoms with E-state index in [9.17, 15) is 0 Å². The van der Waals surface area contributed by atoms with E-state index >= 15 is 0 Å². The summed E-state index contributed by atoms with van der Waals surface area (Å²) >= 11 is 0. The molecule has 1 heterocycles. The normalized spacial score (nSPS) is 10.8. The topological polar surface area (TPSA) is 29.9 Å². The van der Waals surface area contributed by atoms with E-state index in [0.29, 0.717) is 5.89 Å². The summed E-state index contributed by atoms with van der Waals surface area (Å²) in [6.45, 7) is 6.01. The maximum Gasteiger partial charge on any atom is 0.413 e. The van der Waals surface area contributed by atoms with Crippen LogP contribution in [0.4, 0.5) is 0 Å². The second-order valence-corrected chi connectivity index (χ2v) is 5.04. The Balaban J connectivity index is 2.12. The number of nitrogens with zero attached hydrogens (tertiary/aromatic N) is 2. The molecule has 3 aromatic rings. The monoisotopic (exact) mass is 265 g/mol. The van der Waals surface area contributed by atoms with Gasteiger partial charge >= 0.3 is 5.89 Å². The van der Waals surface area contributed by atoms with Crippen LogP contribution < -0.4 is 4.68 Å². The Morgan fingerprint density at radius 2 is 1.35 bits per heavy atom. The van der Waals surface area contributed by atoms with Gasteiger partial charge in [0, 0.05) is 24.2 Å². The maximum absolute atomic E-state index is 5.78. The molecule has 0 aliphatic carbocycles. The lowest BCUT2D eigenvalue weighted by Gasteiger charge is -1.96. The fourth-order valence-corrected chi connectivity index (χ4v) is 2.13. The van der Waals surface area contributed by atoms with Gasteiger partial charge in [0.15, 0.2) is 0 Å². The van der Waals surface area contributed by atoms with E-state index in [-0.39, 0.29) is 0 Å². The van der Waals surface area contributed by atoms with Crippen molar-refractivity contribution >= 4 is 0 Å². The van der Waals surface area contributed by atoms with Gasteiger partial charge in [-0.15, -0.1) is 0 Å². The number of aryl methyl sites for hydroxylation is 3. The van der Waals surface area contributed by atoms with E-state index in [1.54, 1.807) is 0 Å². The summed E-state index contributed by atoms with van der Waals surface area (Å²) in [5.74, 6) is 1.41. The molecule has 0 atom stereocenters. The molecular formula is C17H17N2O+. The molecule has 0 fully saturated rings. The van der Waals surface area contributed by atoms with Crippen LogP contribution in [0.25, 0.3) is 17.1 Å². The fourth-order valence-electron chi connectivity index (χ4n) is 2.13. The zero-order valence-electron chi connectivity index (χ0n) is 11.9. The number of hydrogen-bond donors (Lipinski definition) is 0. The van der Waals surface area contributed by atoms with Crippen LogP contribution in [0, 0.1) is 20.8 Å². The van der Waals surface area contributed by atoms with E-state index in [0.717, 1.165) is 17.1 Å². The van der Waals surface area contributed by atoms with Gasteiger partial charge in [-0.05, 0) is 30.7 Å². The number of benzene rings is 2. The molecule has 0 saturated heterocycles. The highest BCUT2D eigenvalue weighted by Crippen LogP contribution is 2.18. The third-order valence-electron chi connectivity index (χ3n) is 3.25. The van der Waals surface area contributed by atoms with Crippen molar-refractivity contribution in [1.29, 1.82) is 0 Å². The van der Waals surface area contributed by atoms with Crippen LogP contribution in [0.3, 0.4) is 0 Å². The van der Waals surface area contributed by atoms with Crippen molar-refractivity contribution in [1.82, 2.24) is 5.10 Å². The lowest BCUT2D eigenvalue weighted by atomic mass is 10.1. The van der Waals surface area contributed by atoms with Crippen molar-refractivity contribution in [3.05, 3.63) is 65.5 Å². The Hall–Kier alpha value is -2.42. The second kappa shape index (κ2) is 4.93. The minimum atomic E-state index is 0.654. The van der Waals surface area contributed by atoms with Crippen molar-refractivity contribution in [2.75, 3.05) is 0 Å². The first-order chi connectivity index (χ1) is 9.63. The van der Waals surface area contributed by atoms with E-state index in [1.807, 2.05) is 11.6 Å². The molecule has 0 aliphatic heterocycles. The second-order valence-electron chi connectivity index (χ2n) is 5.04. The average molecular weight is 265 g/mol. The van der Waals surface area contributed by atoms with Gasteiger partial charge in [0.2, 0.25) is 5.69 Å². The molecule has 3 rings (SSSR count). The van der Waals surface area contributed by atoms with E-state index in [1.165, 1.54) is 11.1 Å². The highest BCUT2D eigenvalue weighted by Gasteiger charge is 2.24. The fraction of sp³-hybridized carbons (Fsp3) is 0.176. The van der Waals surface area contributed by atoms with Gasteiger partial charge < -0.3 is 4.42 Å². The van der Waals surface area contributed by atoms with Crippen molar-refractivity contribution in [2.45, 2.75) is 20.8 Å². The summed E-state index contributed by atoms with van der Waals surface area (Å²) in [4.78, 5) is 0. The summed E-state index contributed by atoms with van der Waals surface area (Å²) in [6.07, 6.45) is 0. The van der Waals surface area contributed by atoms with Crippen LogP contribution >= 0.6 is 0 Å². The van der Waals surface area contributed by atoms with Crippen LogP contribution in [-0.2, 0) is 0 Å². The van der Waals surface area contributed by atoms with E-state index < -0.39 is 0 Å². The zero-order valence-corrected chi connectivity index (χ0v) is 11.9. The molecule has 100 valence electrons. The molecule has 3 heteroatoms. The van der Waals surface area contributed by atoms with Crippen LogP contribution in [0.5, 0.6) is 0 Å². The molecule has 0 amide bonds. The number of aromatic nitrogens is 2. The molecule has 3 nitrogen and oxygen atoms in total. The quantitative estimate of drug-likeness (QED) is 0.663. The summed E-state index contributed by atoms with van der Waals surface area (Å²) < 4.78 is 7.62. The largest absolute Gasteiger partial charge is 0.413 e. The van der Waals surface area contributed by atoms with Gasteiger partial charge in [-0.25, -0.2) is 0 Å². The Morgan fingerprint density at radius 1 is 0.800 bits per heavy atom. The van der Waals surface area contributed by atoms with E-state index in [2.05, 4.69) is 67.5 Å². The Kier molecular flexibility index (Phi) is 3.11. The average Bonchev–Trinajstić information content (AvgIpc) is 2.82. The van der Waals surface area contributed by atoms with E-state index in [4.69, 9.17) is 4.42 Å². The Morgan fingerprint density at radius 3 is 1.95 bits per heavy atom. The first-order valence-corrected chi connectivity index (χ1v) is 6.67. The molecule has 0 radical (unpaired) electrons. The highest BCUT2D eigenvalue weighted by molar-refractivity contribution is 5.51. The van der Waals surface area contributed by atoms with Crippen molar-refractivity contribution in [2.24, 2.45) is 0 Å². The molecule has 1 aromatic heterocycles. The first-order valence-electron chi connectivity index (χ1n) is 6.67. The van der Waals surface area contributed by atoms with Gasteiger partial charge in [-0.3, -0.25) is 0 Å². The van der Waals surface area contributed by atoms with Crippen molar-refractivity contribution in [3.8, 4) is 17.1 Å². The summed E-state index contributed by atoms with van der Waals surface area (Å²) in [5, 5.41) is 4.46. The summed E-state index contributed by atoms with van der Waals surface area (Å²) in [6, 6.07) is 16.5. The lowest BCUT2D eigenvalue weighted by Crippen LogP contribution is -2.34. The maximum atomic E-state index is 5.78. The predicted molar refractivity (Wildman–Crippen MR) is 77.7 cm³/mol. The van der Waals surface area contributed by atoms with Gasteiger partial charge in [0.25, 0.3) is 5.89 Å². The third-order valence-corrected chi connectivity index (χ3v) is 3.25. The molecule has 2 aromatic carbocycles. The van der Waals surface area contributed by atoms with Crippen molar-refractivity contribution in [3.63, 3.8) is 0 Å². The first kappa shape index (κ1) is 12.6. The zero-order chi connectivity index (χ0) is 14.1. The van der Waals surface area contributed by atoms with Gasteiger partial charge in [0.05, 0.1) is 5.56 Å². The molecule has 0 aliphatic rings. The molecule has 0 bridgehead atoms. The standard InChI is InChI=1S/C17H17N2O/c1-12-4-8-15(9-5-12)17-19(18-14(3)20-17)16-10-6-13(2)7-11-16/h4-11H,1-3H3/q+1. The molecule has 0 unspecified atom stereocenters. The third kappa shape index (κ3) is 2.35. The Bertz CT molecular complexity index is 662. The summed E-state index contributed by atoms with van der Waals surface area (Å²) in [5.41, 5.74) is 4.48. The van der Waals surface area contributed by atoms with Gasteiger partial charge in [-0.2, -0.15) is 0 Å². The van der Waals surface area contributed by atoms with Crippen LogP contribution in [0.15, 0.2) is 52.9 Å². The molecule has 0 N–H and O–H groups in total. The lowest BCUT2D eigenvalue weighted by molar-refractivity contribution is -0.648. The minimum Gasteiger partial charge on any atom is -0.382 e. The smallest absolute Gasteiger partial charge is 0.382 e. The molecular weight excluding hydrogens is 248 g/mol.